The summed E-state index contributed by atoms with van der Waals surface area (Å²) in [5.74, 6) is 2.67. The van der Waals surface area contributed by atoms with Crippen molar-refractivity contribution >= 4 is 5.70 Å². The van der Waals surface area contributed by atoms with E-state index in [1.165, 1.54) is 5.56 Å². The molecule has 0 spiro atoms. The van der Waals surface area contributed by atoms with E-state index in [9.17, 15) is 0 Å². The molecule has 2 unspecified atom stereocenters. The lowest BCUT2D eigenvalue weighted by atomic mass is 10.0. The summed E-state index contributed by atoms with van der Waals surface area (Å²) in [6.45, 7) is 4.05. The third-order valence-corrected chi connectivity index (χ3v) is 4.97. The van der Waals surface area contributed by atoms with E-state index >= 15 is 0 Å². The molecule has 4 nitrogen and oxygen atoms in total. The predicted molar refractivity (Wildman–Crippen MR) is 100 cm³/mol. The number of furan rings is 1. The Balaban J connectivity index is 1.58. The SMILES string of the molecule is Cc1ccc(C2Oc3ccccc3C3C=C(c4ccc(C)o4)NN32)cc1. The number of ether oxygens (including phenoxy) is 1. The fraction of sp³-hybridized carbons (Fsp3) is 0.182. The van der Waals surface area contributed by atoms with E-state index in [1.807, 2.05) is 31.2 Å². The highest BCUT2D eigenvalue weighted by molar-refractivity contribution is 5.64. The zero-order valence-corrected chi connectivity index (χ0v) is 14.8. The molecule has 1 N–H and O–H groups in total. The number of para-hydroxylation sites is 1. The van der Waals surface area contributed by atoms with Gasteiger partial charge in [-0.2, -0.15) is 5.01 Å². The van der Waals surface area contributed by atoms with Crippen LogP contribution in [0.5, 0.6) is 5.75 Å². The van der Waals surface area contributed by atoms with Crippen molar-refractivity contribution in [2.24, 2.45) is 0 Å². The van der Waals surface area contributed by atoms with Crippen LogP contribution in [0.2, 0.25) is 0 Å². The van der Waals surface area contributed by atoms with Gasteiger partial charge in [0.25, 0.3) is 0 Å². The molecule has 4 heteroatoms. The summed E-state index contributed by atoms with van der Waals surface area (Å²) in [5.41, 5.74) is 7.98. The molecule has 0 saturated carbocycles. The Morgan fingerprint density at radius 2 is 1.73 bits per heavy atom. The summed E-state index contributed by atoms with van der Waals surface area (Å²) >= 11 is 0. The number of rotatable bonds is 2. The molecule has 0 aliphatic carbocycles. The number of hydrogen-bond donors (Lipinski definition) is 1. The Kier molecular flexibility index (Phi) is 3.40. The number of benzene rings is 2. The second kappa shape index (κ2) is 5.78. The topological polar surface area (TPSA) is 37.6 Å². The van der Waals surface area contributed by atoms with Crippen molar-refractivity contribution in [3.63, 3.8) is 0 Å². The van der Waals surface area contributed by atoms with Crippen molar-refractivity contribution in [3.8, 4) is 5.75 Å². The van der Waals surface area contributed by atoms with Gasteiger partial charge in [0.2, 0.25) is 0 Å². The molecular formula is C22H20N2O2. The lowest BCUT2D eigenvalue weighted by molar-refractivity contribution is -0.0328. The maximum absolute atomic E-state index is 6.36. The lowest BCUT2D eigenvalue weighted by Gasteiger charge is -2.38. The Hall–Kier alpha value is -2.98. The normalized spacial score (nSPS) is 21.4. The fourth-order valence-electron chi connectivity index (χ4n) is 3.61. The molecule has 130 valence electrons. The molecule has 2 atom stereocenters. The highest BCUT2D eigenvalue weighted by Crippen LogP contribution is 2.45. The van der Waals surface area contributed by atoms with Crippen LogP contribution >= 0.6 is 0 Å². The van der Waals surface area contributed by atoms with Crippen LogP contribution in [0.3, 0.4) is 0 Å². The Morgan fingerprint density at radius 3 is 2.50 bits per heavy atom. The van der Waals surface area contributed by atoms with Gasteiger partial charge in [-0.15, -0.1) is 0 Å². The van der Waals surface area contributed by atoms with Crippen molar-refractivity contribution in [1.82, 2.24) is 10.4 Å². The third-order valence-electron chi connectivity index (χ3n) is 4.97. The van der Waals surface area contributed by atoms with Crippen LogP contribution in [0.25, 0.3) is 5.70 Å². The molecule has 0 radical (unpaired) electrons. The summed E-state index contributed by atoms with van der Waals surface area (Å²) in [6.07, 6.45) is 2.00. The van der Waals surface area contributed by atoms with Gasteiger partial charge in [0, 0.05) is 11.1 Å². The standard InChI is InChI=1S/C22H20N2O2/c1-14-7-10-16(11-8-14)22-24-19(17-5-3-4-6-20(17)26-22)13-18(23-24)21-12-9-15(2)25-21/h3-13,19,22-23H,1-2H3. The molecule has 5 rings (SSSR count). The fourth-order valence-corrected chi connectivity index (χ4v) is 3.61. The monoisotopic (exact) mass is 344 g/mol. The summed E-state index contributed by atoms with van der Waals surface area (Å²) in [5, 5.41) is 2.15. The molecule has 26 heavy (non-hydrogen) atoms. The third kappa shape index (κ3) is 2.42. The van der Waals surface area contributed by atoms with Crippen LogP contribution in [0.15, 0.2) is 71.2 Å². The number of nitrogens with zero attached hydrogens (tertiary/aromatic N) is 1. The number of hydrogen-bond acceptors (Lipinski definition) is 4. The first kappa shape index (κ1) is 15.3. The second-order valence-corrected chi connectivity index (χ2v) is 6.87. The van der Waals surface area contributed by atoms with Gasteiger partial charge in [0.15, 0.2) is 12.0 Å². The highest BCUT2D eigenvalue weighted by Gasteiger charge is 2.40. The zero-order valence-electron chi connectivity index (χ0n) is 14.8. The van der Waals surface area contributed by atoms with Crippen LogP contribution in [-0.2, 0) is 0 Å². The van der Waals surface area contributed by atoms with Crippen molar-refractivity contribution in [3.05, 3.63) is 95.0 Å². The van der Waals surface area contributed by atoms with E-state index < -0.39 is 0 Å². The molecular weight excluding hydrogens is 324 g/mol. The summed E-state index contributed by atoms with van der Waals surface area (Å²) in [7, 11) is 0. The van der Waals surface area contributed by atoms with Gasteiger partial charge in [-0.1, -0.05) is 48.0 Å². The van der Waals surface area contributed by atoms with Crippen molar-refractivity contribution in [1.29, 1.82) is 0 Å². The van der Waals surface area contributed by atoms with Gasteiger partial charge in [0.05, 0.1) is 11.7 Å². The van der Waals surface area contributed by atoms with Crippen LogP contribution in [0.1, 0.15) is 40.5 Å². The molecule has 2 aliphatic rings. The largest absolute Gasteiger partial charge is 0.469 e. The average molecular weight is 344 g/mol. The molecule has 0 saturated heterocycles. The molecule has 3 heterocycles. The van der Waals surface area contributed by atoms with Crippen LogP contribution in [0.4, 0.5) is 0 Å². The molecule has 2 aromatic carbocycles. The molecule has 3 aromatic rings. The first-order valence-corrected chi connectivity index (χ1v) is 8.85. The van der Waals surface area contributed by atoms with Crippen molar-refractivity contribution in [2.75, 3.05) is 0 Å². The predicted octanol–water partition coefficient (Wildman–Crippen LogP) is 4.89. The van der Waals surface area contributed by atoms with Gasteiger partial charge >= 0.3 is 0 Å². The molecule has 0 amide bonds. The summed E-state index contributed by atoms with van der Waals surface area (Å²) in [4.78, 5) is 0. The molecule has 0 fully saturated rings. The maximum atomic E-state index is 6.36. The first-order valence-electron chi connectivity index (χ1n) is 8.85. The van der Waals surface area contributed by atoms with Gasteiger partial charge in [-0.25, -0.2) is 0 Å². The van der Waals surface area contributed by atoms with Crippen LogP contribution in [0, 0.1) is 13.8 Å². The Labute approximate surface area is 152 Å². The minimum atomic E-state index is -0.208. The van der Waals surface area contributed by atoms with Gasteiger partial charge < -0.3 is 14.6 Å². The smallest absolute Gasteiger partial charge is 0.195 e. The lowest BCUT2D eigenvalue weighted by Crippen LogP contribution is -2.43. The van der Waals surface area contributed by atoms with E-state index in [0.29, 0.717) is 0 Å². The highest BCUT2D eigenvalue weighted by atomic mass is 16.5. The Morgan fingerprint density at radius 1 is 0.923 bits per heavy atom. The van der Waals surface area contributed by atoms with Gasteiger partial charge in [-0.05, 0) is 38.1 Å². The van der Waals surface area contributed by atoms with Crippen molar-refractivity contribution in [2.45, 2.75) is 26.1 Å². The zero-order chi connectivity index (χ0) is 17.7. The summed E-state index contributed by atoms with van der Waals surface area (Å²) in [6, 6.07) is 20.8. The van der Waals surface area contributed by atoms with Crippen LogP contribution < -0.4 is 10.2 Å². The minimum Gasteiger partial charge on any atom is -0.469 e. The Bertz CT molecular complexity index is 987. The van der Waals surface area contributed by atoms with E-state index in [-0.39, 0.29) is 12.3 Å². The maximum Gasteiger partial charge on any atom is 0.195 e. The number of aryl methyl sites for hydroxylation is 2. The summed E-state index contributed by atoms with van der Waals surface area (Å²) < 4.78 is 12.2. The number of nitrogens with one attached hydrogen (secondary N) is 1. The van der Waals surface area contributed by atoms with Gasteiger partial charge in [0.1, 0.15) is 11.5 Å². The van der Waals surface area contributed by atoms with Gasteiger partial charge in [-0.3, -0.25) is 0 Å². The van der Waals surface area contributed by atoms with E-state index in [4.69, 9.17) is 9.15 Å². The minimum absolute atomic E-state index is 0.0895. The number of hydrazine groups is 1. The van der Waals surface area contributed by atoms with E-state index in [1.54, 1.807) is 0 Å². The van der Waals surface area contributed by atoms with E-state index in [2.05, 4.69) is 59.8 Å². The quantitative estimate of drug-likeness (QED) is 0.718. The molecule has 0 bridgehead atoms. The van der Waals surface area contributed by atoms with Crippen molar-refractivity contribution < 1.29 is 9.15 Å². The van der Waals surface area contributed by atoms with Crippen LogP contribution in [-0.4, -0.2) is 5.01 Å². The van der Waals surface area contributed by atoms with E-state index in [0.717, 1.165) is 34.1 Å². The second-order valence-electron chi connectivity index (χ2n) is 6.87. The average Bonchev–Trinajstić information content (AvgIpc) is 3.28. The molecule has 1 aromatic heterocycles. The number of fused-ring (bicyclic) bond motifs is 3. The molecule has 2 aliphatic heterocycles. The first-order chi connectivity index (χ1) is 12.7.